The van der Waals surface area contributed by atoms with Crippen LogP contribution in [0.3, 0.4) is 0 Å². The number of phosphoric ester groups is 2. The summed E-state index contributed by atoms with van der Waals surface area (Å²) in [7, 11) is -9.80. The molecule has 604 valence electrons. The molecule has 0 aliphatic carbocycles. The maximum absolute atomic E-state index is 13.0. The number of aliphatic hydroxyl groups excluding tert-OH is 2. The van der Waals surface area contributed by atoms with E-state index in [-0.39, 0.29) is 19.3 Å². The number of carbonyl (C=O) groups is 3. The summed E-state index contributed by atoms with van der Waals surface area (Å²) in [6, 6.07) is 0. The van der Waals surface area contributed by atoms with E-state index in [1.165, 1.54) is 148 Å². The Kier molecular flexibility index (Phi) is 76.0. The third kappa shape index (κ3) is 80.5. The number of phosphoric acid groups is 2. The van der Waals surface area contributed by atoms with Crippen LogP contribution >= 0.6 is 15.6 Å². The van der Waals surface area contributed by atoms with Gasteiger partial charge in [0.25, 0.3) is 0 Å². The lowest BCUT2D eigenvalue weighted by atomic mass is 10.0. The first kappa shape index (κ1) is 101. The fourth-order valence-electron chi connectivity index (χ4n) is 11.1. The summed E-state index contributed by atoms with van der Waals surface area (Å²) in [5.74, 6) is -1.60. The predicted molar refractivity (Wildman–Crippen MR) is 436 cm³/mol. The molecule has 0 aromatic rings. The summed E-state index contributed by atoms with van der Waals surface area (Å²) in [5.41, 5.74) is 0. The largest absolute Gasteiger partial charge is 0.472 e. The maximum atomic E-state index is 13.0. The lowest BCUT2D eigenvalue weighted by molar-refractivity contribution is -0.161. The summed E-state index contributed by atoms with van der Waals surface area (Å²) in [5, 5.41) is 20.7. The lowest BCUT2D eigenvalue weighted by Crippen LogP contribution is -2.30. The number of hydrogen-bond acceptors (Lipinski definition) is 14. The van der Waals surface area contributed by atoms with Gasteiger partial charge in [-0.15, -0.1) is 0 Å². The van der Waals surface area contributed by atoms with Gasteiger partial charge in [0.1, 0.15) is 25.4 Å². The topological polar surface area (TPSA) is 231 Å². The second-order valence-corrected chi connectivity index (χ2v) is 30.4. The minimum atomic E-state index is -4.94. The van der Waals surface area contributed by atoms with Crippen molar-refractivity contribution < 1.29 is 75.8 Å². The summed E-state index contributed by atoms with van der Waals surface area (Å²) in [6.07, 6.45) is 96.6. The zero-order chi connectivity index (χ0) is 76.6. The lowest BCUT2D eigenvalue weighted by Gasteiger charge is -2.21. The van der Waals surface area contributed by atoms with Crippen molar-refractivity contribution in [2.45, 2.75) is 360 Å². The molecule has 0 aliphatic rings. The van der Waals surface area contributed by atoms with E-state index in [1.807, 2.05) is 0 Å². The van der Waals surface area contributed by atoms with Crippen LogP contribution in [0.4, 0.5) is 0 Å². The van der Waals surface area contributed by atoms with Crippen molar-refractivity contribution in [3.63, 3.8) is 0 Å². The SMILES string of the molecule is CC/C=C\C/C=C\C/C=C\C/C=C\C/C=C\C/C=C\CCCCCCCCCCCCCCCCCCC(=O)OCC(O)COP(=O)(O)OCC(O)COP(=O)(O)OCC(COC(=O)CCCCC/C=C\C/C=C\C/C=C\C/C=C\C/C=C\CC)OC(=O)CCCCCCCCCCCCCCCCC. The molecule has 0 aromatic carbocycles. The van der Waals surface area contributed by atoms with Crippen molar-refractivity contribution in [2.75, 3.05) is 39.6 Å². The number of ether oxygens (including phenoxy) is 3. The third-order valence-electron chi connectivity index (χ3n) is 17.4. The third-order valence-corrected chi connectivity index (χ3v) is 19.3. The van der Waals surface area contributed by atoms with E-state index in [0.29, 0.717) is 19.3 Å². The molecule has 0 aliphatic heterocycles. The van der Waals surface area contributed by atoms with Gasteiger partial charge in [-0.25, -0.2) is 9.13 Å². The quantitative estimate of drug-likeness (QED) is 0.0146. The van der Waals surface area contributed by atoms with Gasteiger partial charge in [-0.1, -0.05) is 341 Å². The van der Waals surface area contributed by atoms with Crippen LogP contribution in [-0.4, -0.2) is 95.9 Å². The van der Waals surface area contributed by atoms with Crippen molar-refractivity contribution in [1.29, 1.82) is 0 Å². The number of allylic oxidation sites excluding steroid dienone is 22. The second-order valence-electron chi connectivity index (χ2n) is 27.5. The van der Waals surface area contributed by atoms with Gasteiger partial charge in [-0.3, -0.25) is 32.5 Å². The highest BCUT2D eigenvalue weighted by Gasteiger charge is 2.29. The van der Waals surface area contributed by atoms with Gasteiger partial charge in [0.05, 0.1) is 26.4 Å². The molecule has 0 aromatic heterocycles. The molecule has 105 heavy (non-hydrogen) atoms. The van der Waals surface area contributed by atoms with E-state index in [1.54, 1.807) is 0 Å². The van der Waals surface area contributed by atoms with Gasteiger partial charge in [-0.05, 0) is 116 Å². The number of rotatable bonds is 78. The van der Waals surface area contributed by atoms with E-state index >= 15 is 0 Å². The number of esters is 3. The molecule has 5 atom stereocenters. The van der Waals surface area contributed by atoms with Crippen LogP contribution in [-0.2, 0) is 55.8 Å². The number of aliphatic hydroxyl groups is 2. The Hall–Kier alpha value is -4.31. The minimum absolute atomic E-state index is 0.0990. The second kappa shape index (κ2) is 79.2. The summed E-state index contributed by atoms with van der Waals surface area (Å²) >= 11 is 0. The fraction of sp³-hybridized carbons (Fsp3) is 0.713. The van der Waals surface area contributed by atoms with Crippen molar-refractivity contribution in [3.8, 4) is 0 Å². The highest BCUT2D eigenvalue weighted by atomic mass is 31.2. The molecule has 0 fully saturated rings. The molecule has 0 heterocycles. The zero-order valence-corrected chi connectivity index (χ0v) is 67.9. The Morgan fingerprint density at radius 1 is 0.276 bits per heavy atom. The van der Waals surface area contributed by atoms with E-state index in [0.717, 1.165) is 135 Å². The maximum Gasteiger partial charge on any atom is 0.472 e. The van der Waals surface area contributed by atoms with Gasteiger partial charge >= 0.3 is 33.6 Å². The molecular weight excluding hydrogens is 1360 g/mol. The standard InChI is InChI=1S/C87H150O16P2/c1-4-7-10-13-16-19-22-25-28-30-32-33-34-35-36-37-38-39-40-41-42-43-44-45-46-47-49-51-53-55-58-61-64-67-70-73-85(90)97-76-82(88)77-99-104(93,94)100-78-83(89)79-101-105(95,96)102-81-84(103-87(92)75-72-69-66-63-60-57-52-27-24-21-18-15-12-9-6-3)80-98-86(91)74-71-68-65-62-59-56-54-50-48-31-29-26-23-20-17-14-11-8-5-2/h7-8,10-11,16-17,19-20,25-26,28-29,32-33,35-36,38-39,48,50,56,59,82-84,88-89H,4-6,9,12-15,18,21-24,27,30-31,34,37,40-47,49,51-55,57-58,60-81H2,1-3H3,(H,93,94)(H,95,96)/b10-7-,11-8-,19-16-,20-17-,28-25-,29-26-,33-32-,36-35-,39-38-,50-48-,59-56-. The number of carbonyl (C=O) groups excluding carboxylic acids is 3. The van der Waals surface area contributed by atoms with E-state index in [4.69, 9.17) is 32.3 Å². The predicted octanol–water partition coefficient (Wildman–Crippen LogP) is 24.7. The van der Waals surface area contributed by atoms with E-state index in [2.05, 4.69) is 154 Å². The Morgan fingerprint density at radius 2 is 0.505 bits per heavy atom. The smallest absolute Gasteiger partial charge is 0.463 e. The molecule has 18 heteroatoms. The van der Waals surface area contributed by atoms with Gasteiger partial charge in [0.2, 0.25) is 0 Å². The zero-order valence-electron chi connectivity index (χ0n) is 66.1. The summed E-state index contributed by atoms with van der Waals surface area (Å²) in [6.45, 7) is 2.45. The van der Waals surface area contributed by atoms with E-state index < -0.39 is 91.5 Å². The van der Waals surface area contributed by atoms with E-state index in [9.17, 15) is 43.5 Å². The van der Waals surface area contributed by atoms with Crippen LogP contribution in [0.2, 0.25) is 0 Å². The van der Waals surface area contributed by atoms with Crippen molar-refractivity contribution in [2.24, 2.45) is 0 Å². The molecule has 0 radical (unpaired) electrons. The summed E-state index contributed by atoms with van der Waals surface area (Å²) < 4.78 is 61.2. The van der Waals surface area contributed by atoms with Crippen LogP contribution in [0.15, 0.2) is 134 Å². The van der Waals surface area contributed by atoms with Gasteiger partial charge in [0.15, 0.2) is 6.10 Å². The molecule has 0 rings (SSSR count). The first-order valence-electron chi connectivity index (χ1n) is 41.5. The molecule has 0 saturated carbocycles. The molecule has 0 amide bonds. The molecular formula is C87H150O16P2. The van der Waals surface area contributed by atoms with Crippen molar-refractivity contribution in [3.05, 3.63) is 134 Å². The van der Waals surface area contributed by atoms with Crippen LogP contribution in [0.25, 0.3) is 0 Å². The Bertz CT molecular complexity index is 2440. The summed E-state index contributed by atoms with van der Waals surface area (Å²) in [4.78, 5) is 58.7. The van der Waals surface area contributed by atoms with Crippen LogP contribution in [0, 0.1) is 0 Å². The number of hydrogen-bond donors (Lipinski definition) is 4. The van der Waals surface area contributed by atoms with Gasteiger partial charge < -0.3 is 34.2 Å². The minimum Gasteiger partial charge on any atom is -0.463 e. The number of unbranched alkanes of at least 4 members (excludes halogenated alkanes) is 33. The highest BCUT2D eigenvalue weighted by molar-refractivity contribution is 7.47. The average molecular weight is 1510 g/mol. The Labute approximate surface area is 639 Å². The molecule has 0 saturated heterocycles. The van der Waals surface area contributed by atoms with Gasteiger partial charge in [0, 0.05) is 19.3 Å². The first-order valence-corrected chi connectivity index (χ1v) is 44.5. The van der Waals surface area contributed by atoms with Crippen LogP contribution in [0.1, 0.15) is 342 Å². The van der Waals surface area contributed by atoms with Crippen LogP contribution < -0.4 is 0 Å². The van der Waals surface area contributed by atoms with Crippen LogP contribution in [0.5, 0.6) is 0 Å². The Morgan fingerprint density at radius 3 is 0.810 bits per heavy atom. The highest BCUT2D eigenvalue weighted by Crippen LogP contribution is 2.45. The molecule has 5 unspecified atom stereocenters. The van der Waals surface area contributed by atoms with Crippen molar-refractivity contribution in [1.82, 2.24) is 0 Å². The molecule has 16 nitrogen and oxygen atoms in total. The van der Waals surface area contributed by atoms with Crippen molar-refractivity contribution >= 4 is 33.6 Å². The molecule has 0 bridgehead atoms. The normalized spacial score (nSPS) is 14.6. The Balaban J connectivity index is 4.43. The first-order chi connectivity index (χ1) is 51.2. The molecule has 0 spiro atoms. The average Bonchev–Trinajstić information content (AvgIpc) is 0.942. The van der Waals surface area contributed by atoms with Gasteiger partial charge in [-0.2, -0.15) is 0 Å². The molecule has 4 N–H and O–H groups in total. The monoisotopic (exact) mass is 1510 g/mol. The fourth-order valence-corrected chi connectivity index (χ4v) is 12.7.